The second-order valence-corrected chi connectivity index (χ2v) is 3.91. The average Bonchev–Trinajstić information content (AvgIpc) is 2.45. The molecule has 0 bridgehead atoms. The highest BCUT2D eigenvalue weighted by atomic mass is 16.5. The van der Waals surface area contributed by atoms with E-state index in [4.69, 9.17) is 24.4 Å². The molecule has 0 aromatic heterocycles. The van der Waals surface area contributed by atoms with Gasteiger partial charge in [-0.1, -0.05) is 12.1 Å². The van der Waals surface area contributed by atoms with Crippen molar-refractivity contribution in [2.24, 2.45) is 0 Å². The summed E-state index contributed by atoms with van der Waals surface area (Å²) >= 11 is 0. The molecule has 0 spiro atoms. The van der Waals surface area contributed by atoms with Gasteiger partial charge in [-0.2, -0.15) is 0 Å². The van der Waals surface area contributed by atoms with Gasteiger partial charge in [0.05, 0.1) is 39.6 Å². The SMILES string of the molecule is OCCOCCOc1ccc(CCOCCO)cc1. The summed E-state index contributed by atoms with van der Waals surface area (Å²) < 4.78 is 15.8. The third kappa shape index (κ3) is 7.79. The van der Waals surface area contributed by atoms with Gasteiger partial charge < -0.3 is 24.4 Å². The van der Waals surface area contributed by atoms with Crippen LogP contribution < -0.4 is 4.74 Å². The molecule has 5 heteroatoms. The van der Waals surface area contributed by atoms with Crippen molar-refractivity contribution >= 4 is 0 Å². The van der Waals surface area contributed by atoms with Gasteiger partial charge in [-0.05, 0) is 24.1 Å². The maximum absolute atomic E-state index is 8.57. The van der Waals surface area contributed by atoms with E-state index in [0.717, 1.165) is 12.2 Å². The molecule has 5 nitrogen and oxygen atoms in total. The molecule has 0 fully saturated rings. The van der Waals surface area contributed by atoms with Crippen LogP contribution in [0.1, 0.15) is 5.56 Å². The van der Waals surface area contributed by atoms with Crippen LogP contribution in [0.3, 0.4) is 0 Å². The van der Waals surface area contributed by atoms with Crippen molar-refractivity contribution in [1.29, 1.82) is 0 Å². The minimum absolute atomic E-state index is 0.0348. The Morgan fingerprint density at radius 2 is 1.37 bits per heavy atom. The Labute approximate surface area is 113 Å². The zero-order chi connectivity index (χ0) is 13.8. The molecule has 108 valence electrons. The summed E-state index contributed by atoms with van der Waals surface area (Å²) in [6, 6.07) is 7.80. The third-order valence-corrected chi connectivity index (χ3v) is 2.43. The summed E-state index contributed by atoms with van der Waals surface area (Å²) in [6.45, 7) is 2.37. The smallest absolute Gasteiger partial charge is 0.119 e. The quantitative estimate of drug-likeness (QED) is 0.577. The molecule has 0 heterocycles. The van der Waals surface area contributed by atoms with E-state index in [2.05, 4.69) is 0 Å². The Morgan fingerprint density at radius 3 is 2.00 bits per heavy atom. The summed E-state index contributed by atoms with van der Waals surface area (Å²) in [5, 5.41) is 17.1. The monoisotopic (exact) mass is 270 g/mol. The molecule has 0 saturated heterocycles. The van der Waals surface area contributed by atoms with Crippen LogP contribution in [0, 0.1) is 0 Å². The number of rotatable bonds is 11. The Morgan fingerprint density at radius 1 is 0.737 bits per heavy atom. The average molecular weight is 270 g/mol. The van der Waals surface area contributed by atoms with Gasteiger partial charge in [0.1, 0.15) is 12.4 Å². The predicted molar refractivity (Wildman–Crippen MR) is 71.5 cm³/mol. The number of aliphatic hydroxyl groups excluding tert-OH is 2. The lowest BCUT2D eigenvalue weighted by Gasteiger charge is -2.07. The molecule has 0 unspecified atom stereocenters. The molecule has 0 aliphatic carbocycles. The normalized spacial score (nSPS) is 10.6. The van der Waals surface area contributed by atoms with E-state index in [1.54, 1.807) is 0 Å². The van der Waals surface area contributed by atoms with Crippen molar-refractivity contribution in [3.8, 4) is 5.75 Å². The highest BCUT2D eigenvalue weighted by Crippen LogP contribution is 2.12. The first kappa shape index (κ1) is 15.9. The molecule has 1 rings (SSSR count). The summed E-state index contributed by atoms with van der Waals surface area (Å²) in [5.41, 5.74) is 1.17. The molecule has 0 radical (unpaired) electrons. The van der Waals surface area contributed by atoms with Crippen molar-refractivity contribution < 1.29 is 24.4 Å². The summed E-state index contributed by atoms with van der Waals surface area (Å²) in [4.78, 5) is 0. The zero-order valence-corrected chi connectivity index (χ0v) is 11.1. The maximum Gasteiger partial charge on any atom is 0.119 e. The number of aliphatic hydroxyl groups is 2. The van der Waals surface area contributed by atoms with Crippen LogP contribution in [0.4, 0.5) is 0 Å². The molecular weight excluding hydrogens is 248 g/mol. The van der Waals surface area contributed by atoms with E-state index in [0.29, 0.717) is 33.0 Å². The fourth-order valence-electron chi connectivity index (χ4n) is 1.49. The fraction of sp³-hybridized carbons (Fsp3) is 0.571. The molecule has 0 aliphatic rings. The number of hydrogen-bond acceptors (Lipinski definition) is 5. The fourth-order valence-corrected chi connectivity index (χ4v) is 1.49. The van der Waals surface area contributed by atoms with Crippen LogP contribution in [0.15, 0.2) is 24.3 Å². The second kappa shape index (κ2) is 10.8. The lowest BCUT2D eigenvalue weighted by atomic mass is 10.1. The molecule has 1 aromatic rings. The molecule has 2 N–H and O–H groups in total. The van der Waals surface area contributed by atoms with Gasteiger partial charge in [0.15, 0.2) is 0 Å². The van der Waals surface area contributed by atoms with Gasteiger partial charge in [-0.25, -0.2) is 0 Å². The Balaban J connectivity index is 2.16. The molecule has 0 aliphatic heterocycles. The summed E-state index contributed by atoms with van der Waals surface area (Å²) in [6.07, 6.45) is 0.819. The Kier molecular flexibility index (Phi) is 9.01. The summed E-state index contributed by atoms with van der Waals surface area (Å²) in [5.74, 6) is 0.799. The van der Waals surface area contributed by atoms with E-state index >= 15 is 0 Å². The van der Waals surface area contributed by atoms with Crippen molar-refractivity contribution in [3.05, 3.63) is 29.8 Å². The summed E-state index contributed by atoms with van der Waals surface area (Å²) in [7, 11) is 0. The maximum atomic E-state index is 8.57. The van der Waals surface area contributed by atoms with E-state index in [1.165, 1.54) is 5.56 Å². The minimum Gasteiger partial charge on any atom is -0.491 e. The molecular formula is C14H22O5. The lowest BCUT2D eigenvalue weighted by molar-refractivity contribution is 0.0705. The molecule has 0 atom stereocenters. The first-order chi connectivity index (χ1) is 9.36. The van der Waals surface area contributed by atoms with Crippen LogP contribution >= 0.6 is 0 Å². The number of hydrogen-bond donors (Lipinski definition) is 2. The van der Waals surface area contributed by atoms with Gasteiger partial charge >= 0.3 is 0 Å². The van der Waals surface area contributed by atoms with Gasteiger partial charge in [0.2, 0.25) is 0 Å². The second-order valence-electron chi connectivity index (χ2n) is 3.91. The topological polar surface area (TPSA) is 68.2 Å². The zero-order valence-electron chi connectivity index (χ0n) is 11.1. The highest BCUT2D eigenvalue weighted by molar-refractivity contribution is 5.27. The van der Waals surface area contributed by atoms with Crippen LogP contribution in [0.25, 0.3) is 0 Å². The standard InChI is InChI=1S/C14H22O5/c15-6-9-17-8-5-13-1-3-14(4-2-13)19-12-11-18-10-7-16/h1-4,15-16H,5-12H2. The van der Waals surface area contributed by atoms with Crippen LogP contribution in [0.2, 0.25) is 0 Å². The van der Waals surface area contributed by atoms with E-state index in [-0.39, 0.29) is 13.2 Å². The van der Waals surface area contributed by atoms with E-state index in [1.807, 2.05) is 24.3 Å². The van der Waals surface area contributed by atoms with Crippen LogP contribution in [-0.4, -0.2) is 56.5 Å². The van der Waals surface area contributed by atoms with Crippen molar-refractivity contribution in [3.63, 3.8) is 0 Å². The third-order valence-electron chi connectivity index (χ3n) is 2.43. The van der Waals surface area contributed by atoms with Crippen molar-refractivity contribution in [2.75, 3.05) is 46.2 Å². The van der Waals surface area contributed by atoms with Gasteiger partial charge in [0.25, 0.3) is 0 Å². The van der Waals surface area contributed by atoms with Gasteiger partial charge in [0, 0.05) is 0 Å². The van der Waals surface area contributed by atoms with E-state index < -0.39 is 0 Å². The van der Waals surface area contributed by atoms with Gasteiger partial charge in [-0.15, -0.1) is 0 Å². The minimum atomic E-state index is 0.0348. The largest absolute Gasteiger partial charge is 0.491 e. The van der Waals surface area contributed by atoms with Crippen molar-refractivity contribution in [2.45, 2.75) is 6.42 Å². The predicted octanol–water partition coefficient (Wildman–Crippen LogP) is 0.626. The van der Waals surface area contributed by atoms with E-state index in [9.17, 15) is 0 Å². The molecule has 0 saturated carbocycles. The molecule has 19 heavy (non-hydrogen) atoms. The number of ether oxygens (including phenoxy) is 3. The molecule has 1 aromatic carbocycles. The highest BCUT2D eigenvalue weighted by Gasteiger charge is 1.97. The van der Waals surface area contributed by atoms with Crippen LogP contribution in [0.5, 0.6) is 5.75 Å². The van der Waals surface area contributed by atoms with Crippen molar-refractivity contribution in [1.82, 2.24) is 0 Å². The molecule has 0 amide bonds. The Bertz CT molecular complexity index is 312. The number of benzene rings is 1. The first-order valence-electron chi connectivity index (χ1n) is 6.45. The lowest BCUT2D eigenvalue weighted by Crippen LogP contribution is -2.09. The van der Waals surface area contributed by atoms with Crippen LogP contribution in [-0.2, 0) is 15.9 Å². The van der Waals surface area contributed by atoms with Gasteiger partial charge in [-0.3, -0.25) is 0 Å². The first-order valence-corrected chi connectivity index (χ1v) is 6.45. The Hall–Kier alpha value is -1.14.